The summed E-state index contributed by atoms with van der Waals surface area (Å²) in [6, 6.07) is 32.6. The number of hydrogen-bond donors (Lipinski definition) is 1. The van der Waals surface area contributed by atoms with Gasteiger partial charge in [-0.2, -0.15) is 9.61 Å². The Morgan fingerprint density at radius 3 is 1.82 bits per heavy atom. The smallest absolute Gasteiger partial charge is 0.367 e. The Morgan fingerprint density at radius 2 is 1.23 bits per heavy atom. The summed E-state index contributed by atoms with van der Waals surface area (Å²) in [5, 5.41) is 22.1. The van der Waals surface area contributed by atoms with Crippen molar-refractivity contribution in [3.63, 3.8) is 0 Å². The predicted octanol–water partition coefficient (Wildman–Crippen LogP) is 6.85. The molecule has 2 unspecified atom stereocenters. The van der Waals surface area contributed by atoms with Gasteiger partial charge in [0.15, 0.2) is 5.65 Å². The Labute approximate surface area is 234 Å². The Balaban J connectivity index is 1.62. The van der Waals surface area contributed by atoms with Gasteiger partial charge in [-0.15, -0.1) is 5.10 Å². The van der Waals surface area contributed by atoms with Gasteiger partial charge >= 0.3 is 5.69 Å². The molecule has 2 atom stereocenters. The van der Waals surface area contributed by atoms with Crippen molar-refractivity contribution in [1.82, 2.24) is 19.4 Å². The second-order valence-corrected chi connectivity index (χ2v) is 9.99. The van der Waals surface area contributed by atoms with Crippen LogP contribution in [0.1, 0.15) is 23.3 Å². The fraction of sp³-hybridized carbons (Fsp3) is 0.0645. The van der Waals surface area contributed by atoms with Crippen molar-refractivity contribution < 1.29 is 5.11 Å². The van der Waals surface area contributed by atoms with Gasteiger partial charge in [0.05, 0.1) is 6.20 Å². The summed E-state index contributed by atoms with van der Waals surface area (Å²) in [4.78, 5) is 13.9. The van der Waals surface area contributed by atoms with Crippen LogP contribution in [0.3, 0.4) is 0 Å². The summed E-state index contributed by atoms with van der Waals surface area (Å²) in [7, 11) is 0. The first-order valence-corrected chi connectivity index (χ1v) is 13.1. The summed E-state index contributed by atoms with van der Waals surface area (Å²) in [6.45, 7) is 0. The van der Waals surface area contributed by atoms with E-state index in [1.165, 1.54) is 9.20 Å². The zero-order chi connectivity index (χ0) is 26.9. The number of nitrogens with zero attached hydrogens (tertiary/aromatic N) is 4. The molecule has 2 aromatic heterocycles. The van der Waals surface area contributed by atoms with Crippen LogP contribution in [-0.2, 0) is 0 Å². The van der Waals surface area contributed by atoms with E-state index in [-0.39, 0.29) is 0 Å². The van der Waals surface area contributed by atoms with Crippen LogP contribution in [0.5, 0.6) is 0 Å². The molecule has 0 saturated carbocycles. The average Bonchev–Trinajstić information content (AvgIpc) is 3.30. The van der Waals surface area contributed by atoms with Crippen molar-refractivity contribution in [2.24, 2.45) is 0 Å². The van der Waals surface area contributed by atoms with Gasteiger partial charge in [0.1, 0.15) is 12.1 Å². The molecule has 0 saturated heterocycles. The molecule has 6 aromatic rings. The van der Waals surface area contributed by atoms with Gasteiger partial charge in [-0.1, -0.05) is 108 Å². The lowest BCUT2D eigenvalue weighted by molar-refractivity contribution is 0.123. The van der Waals surface area contributed by atoms with Crippen LogP contribution in [0.2, 0.25) is 10.0 Å². The van der Waals surface area contributed by atoms with Gasteiger partial charge in [-0.3, -0.25) is 0 Å². The van der Waals surface area contributed by atoms with Crippen LogP contribution >= 0.6 is 23.2 Å². The van der Waals surface area contributed by atoms with E-state index in [0.29, 0.717) is 26.8 Å². The molecule has 0 bridgehead atoms. The van der Waals surface area contributed by atoms with Crippen LogP contribution in [0.25, 0.3) is 27.9 Å². The second kappa shape index (κ2) is 10.5. The summed E-state index contributed by atoms with van der Waals surface area (Å²) >= 11 is 12.3. The normalized spacial score (nSPS) is 12.9. The molecular formula is C31H22Cl2N4O2. The highest BCUT2D eigenvalue weighted by Crippen LogP contribution is 2.36. The molecule has 6 nitrogen and oxygen atoms in total. The fourth-order valence-corrected chi connectivity index (χ4v) is 5.06. The van der Waals surface area contributed by atoms with Gasteiger partial charge < -0.3 is 5.11 Å². The standard InChI is InChI=1S/C31H22Cl2N4O2/c32-24-15-11-20(12-16-24)26-19-34-37-30(27(26)21-13-17-25(33)18-14-21)35-36(31(37)39)28(22-7-3-1-4-8-22)29(38)23-9-5-2-6-10-23/h1-19,28-29,38H. The highest BCUT2D eigenvalue weighted by molar-refractivity contribution is 6.31. The number of fused-ring (bicyclic) bond motifs is 1. The van der Waals surface area contributed by atoms with Crippen LogP contribution in [0, 0.1) is 0 Å². The van der Waals surface area contributed by atoms with E-state index in [1.54, 1.807) is 30.5 Å². The van der Waals surface area contributed by atoms with Gasteiger partial charge in [-0.05, 0) is 46.5 Å². The quantitative estimate of drug-likeness (QED) is 0.245. The molecule has 0 aliphatic rings. The van der Waals surface area contributed by atoms with Crippen LogP contribution in [0.4, 0.5) is 0 Å². The van der Waals surface area contributed by atoms with Crippen molar-refractivity contribution in [2.75, 3.05) is 0 Å². The monoisotopic (exact) mass is 552 g/mol. The summed E-state index contributed by atoms with van der Waals surface area (Å²) in [5.41, 5.74) is 4.47. The van der Waals surface area contributed by atoms with Gasteiger partial charge in [-0.25, -0.2) is 9.48 Å². The third-order valence-electron chi connectivity index (χ3n) is 6.71. The molecule has 8 heteroatoms. The molecule has 2 heterocycles. The second-order valence-electron chi connectivity index (χ2n) is 9.12. The molecular weight excluding hydrogens is 531 g/mol. The zero-order valence-electron chi connectivity index (χ0n) is 20.5. The molecule has 0 spiro atoms. The van der Waals surface area contributed by atoms with E-state index in [4.69, 9.17) is 28.3 Å². The molecule has 6 rings (SSSR count). The maximum absolute atomic E-state index is 13.9. The molecule has 0 aliphatic heterocycles. The largest absolute Gasteiger partial charge is 0.386 e. The SMILES string of the molecule is O=c1n(C(c2ccccc2)C(O)c2ccccc2)nc2c(-c3ccc(Cl)cc3)c(-c3ccc(Cl)cc3)cnn12. The van der Waals surface area contributed by atoms with Crippen LogP contribution in [0.15, 0.2) is 120 Å². The number of benzene rings is 4. The average molecular weight is 553 g/mol. The van der Waals surface area contributed by atoms with Gasteiger partial charge in [0, 0.05) is 21.2 Å². The lowest BCUT2D eigenvalue weighted by atomic mass is 9.96. The van der Waals surface area contributed by atoms with E-state index < -0.39 is 17.8 Å². The number of aromatic nitrogens is 4. The van der Waals surface area contributed by atoms with E-state index in [0.717, 1.165) is 22.3 Å². The van der Waals surface area contributed by atoms with Gasteiger partial charge in [0.25, 0.3) is 0 Å². The molecule has 192 valence electrons. The Morgan fingerprint density at radius 1 is 0.692 bits per heavy atom. The van der Waals surface area contributed by atoms with Gasteiger partial charge in [0.2, 0.25) is 0 Å². The molecule has 0 amide bonds. The van der Waals surface area contributed by atoms with E-state index >= 15 is 0 Å². The Kier molecular flexibility index (Phi) is 6.75. The molecule has 39 heavy (non-hydrogen) atoms. The summed E-state index contributed by atoms with van der Waals surface area (Å²) in [5.74, 6) is 0. The summed E-state index contributed by atoms with van der Waals surface area (Å²) in [6.07, 6.45) is 0.615. The third kappa shape index (κ3) is 4.74. The van der Waals surface area contributed by atoms with Crippen LogP contribution < -0.4 is 5.69 Å². The fourth-order valence-electron chi connectivity index (χ4n) is 4.81. The van der Waals surface area contributed by atoms with Crippen molar-refractivity contribution in [1.29, 1.82) is 0 Å². The molecule has 4 aromatic carbocycles. The minimum atomic E-state index is -1.04. The van der Waals surface area contributed by atoms with Crippen molar-refractivity contribution in [3.8, 4) is 22.3 Å². The van der Waals surface area contributed by atoms with E-state index in [1.807, 2.05) is 84.9 Å². The molecule has 0 radical (unpaired) electrons. The number of aliphatic hydroxyl groups is 1. The lowest BCUT2D eigenvalue weighted by Crippen LogP contribution is -2.31. The van der Waals surface area contributed by atoms with Crippen LogP contribution in [-0.4, -0.2) is 24.5 Å². The minimum absolute atomic E-state index is 0.357. The first-order valence-electron chi connectivity index (χ1n) is 12.3. The molecule has 0 aliphatic carbocycles. The Bertz CT molecular complexity index is 1800. The maximum atomic E-state index is 13.9. The van der Waals surface area contributed by atoms with E-state index in [9.17, 15) is 9.90 Å². The number of rotatable bonds is 6. The first-order chi connectivity index (χ1) is 19.0. The van der Waals surface area contributed by atoms with E-state index in [2.05, 4.69) is 5.10 Å². The maximum Gasteiger partial charge on any atom is 0.367 e. The minimum Gasteiger partial charge on any atom is -0.386 e. The Hall–Kier alpha value is -4.23. The van der Waals surface area contributed by atoms with Crippen molar-refractivity contribution in [3.05, 3.63) is 147 Å². The zero-order valence-corrected chi connectivity index (χ0v) is 22.0. The lowest BCUT2D eigenvalue weighted by Gasteiger charge is -2.23. The van der Waals surface area contributed by atoms with Crippen molar-refractivity contribution in [2.45, 2.75) is 12.1 Å². The predicted molar refractivity (Wildman–Crippen MR) is 154 cm³/mol. The first kappa shape index (κ1) is 25.1. The number of halogens is 2. The highest BCUT2D eigenvalue weighted by atomic mass is 35.5. The molecule has 0 fully saturated rings. The number of aliphatic hydroxyl groups excluding tert-OH is 1. The van der Waals surface area contributed by atoms with Crippen molar-refractivity contribution >= 4 is 28.8 Å². The third-order valence-corrected chi connectivity index (χ3v) is 7.21. The number of hydrogen-bond acceptors (Lipinski definition) is 4. The topological polar surface area (TPSA) is 72.4 Å². The highest BCUT2D eigenvalue weighted by Gasteiger charge is 2.29. The summed E-state index contributed by atoms with van der Waals surface area (Å²) < 4.78 is 2.59. The molecule has 1 N–H and O–H groups in total.